The highest BCUT2D eigenvalue weighted by atomic mass is 35.5. The van der Waals surface area contributed by atoms with Gasteiger partial charge in [-0.15, -0.1) is 0 Å². The third-order valence-electron chi connectivity index (χ3n) is 3.27. The monoisotopic (exact) mass is 395 g/mol. The van der Waals surface area contributed by atoms with Crippen LogP contribution in [0, 0.1) is 10.1 Å². The zero-order valence-electron chi connectivity index (χ0n) is 13.7. The summed E-state index contributed by atoms with van der Waals surface area (Å²) in [6, 6.07) is 8.74. The van der Waals surface area contributed by atoms with Crippen LogP contribution >= 0.6 is 23.8 Å². The predicted octanol–water partition coefficient (Wildman–Crippen LogP) is 3.39. The van der Waals surface area contributed by atoms with Crippen LogP contribution < -0.4 is 20.1 Å². The molecule has 0 saturated heterocycles. The summed E-state index contributed by atoms with van der Waals surface area (Å²) in [5.74, 6) is -0.0503. The summed E-state index contributed by atoms with van der Waals surface area (Å²) in [4.78, 5) is 22.6. The van der Waals surface area contributed by atoms with Crippen molar-refractivity contribution in [2.45, 2.75) is 0 Å². The Labute approximate surface area is 159 Å². The van der Waals surface area contributed by atoms with Crippen LogP contribution in [0.2, 0.25) is 5.02 Å². The molecule has 2 N–H and O–H groups in total. The number of anilines is 1. The summed E-state index contributed by atoms with van der Waals surface area (Å²) in [7, 11) is 2.80. The molecule has 0 aliphatic rings. The molecule has 1 amide bonds. The number of nitrogens with one attached hydrogen (secondary N) is 2. The number of carbonyl (C=O) groups excluding carboxylic acids is 1. The highest BCUT2D eigenvalue weighted by molar-refractivity contribution is 7.80. The van der Waals surface area contributed by atoms with Gasteiger partial charge < -0.3 is 14.8 Å². The van der Waals surface area contributed by atoms with Gasteiger partial charge in [0.15, 0.2) is 10.9 Å². The maximum atomic E-state index is 12.2. The van der Waals surface area contributed by atoms with E-state index in [1.165, 1.54) is 26.4 Å². The molecule has 0 aliphatic heterocycles. The molecular weight excluding hydrogens is 382 g/mol. The Bertz CT molecular complexity index is 875. The van der Waals surface area contributed by atoms with E-state index in [9.17, 15) is 14.9 Å². The molecule has 0 spiro atoms. The average Bonchev–Trinajstić information content (AvgIpc) is 2.61. The largest absolute Gasteiger partial charge is 0.495 e. The van der Waals surface area contributed by atoms with Crippen molar-refractivity contribution in [3.63, 3.8) is 0 Å². The smallest absolute Gasteiger partial charge is 0.311 e. The molecule has 0 atom stereocenters. The molecule has 0 unspecified atom stereocenters. The molecule has 136 valence electrons. The lowest BCUT2D eigenvalue weighted by molar-refractivity contribution is -0.385. The van der Waals surface area contributed by atoms with Gasteiger partial charge in [-0.05, 0) is 42.5 Å². The Hall–Kier alpha value is -2.91. The molecule has 0 heterocycles. The van der Waals surface area contributed by atoms with Gasteiger partial charge in [-0.1, -0.05) is 11.6 Å². The van der Waals surface area contributed by atoms with E-state index in [-0.39, 0.29) is 22.1 Å². The number of halogens is 1. The van der Waals surface area contributed by atoms with Crippen molar-refractivity contribution in [1.82, 2.24) is 5.32 Å². The molecule has 0 radical (unpaired) electrons. The van der Waals surface area contributed by atoms with E-state index in [4.69, 9.17) is 33.3 Å². The van der Waals surface area contributed by atoms with Crippen LogP contribution in [0.15, 0.2) is 36.4 Å². The number of amides is 1. The first-order valence-electron chi connectivity index (χ1n) is 7.14. The number of rotatable bonds is 5. The second kappa shape index (κ2) is 8.45. The molecule has 10 heteroatoms. The lowest BCUT2D eigenvalue weighted by atomic mass is 10.2. The minimum Gasteiger partial charge on any atom is -0.495 e. The number of carbonyl (C=O) groups is 1. The second-order valence-corrected chi connectivity index (χ2v) is 5.72. The van der Waals surface area contributed by atoms with Gasteiger partial charge in [0.1, 0.15) is 5.75 Å². The van der Waals surface area contributed by atoms with Crippen LogP contribution in [0.5, 0.6) is 11.5 Å². The summed E-state index contributed by atoms with van der Waals surface area (Å²) < 4.78 is 9.95. The lowest BCUT2D eigenvalue weighted by Crippen LogP contribution is -2.34. The van der Waals surface area contributed by atoms with E-state index >= 15 is 0 Å². The van der Waals surface area contributed by atoms with Crippen molar-refractivity contribution in [1.29, 1.82) is 0 Å². The van der Waals surface area contributed by atoms with Gasteiger partial charge in [-0.2, -0.15) is 0 Å². The van der Waals surface area contributed by atoms with Crippen molar-refractivity contribution in [2.75, 3.05) is 19.5 Å². The molecule has 0 aromatic heterocycles. The van der Waals surface area contributed by atoms with E-state index in [1.54, 1.807) is 18.2 Å². The number of nitro groups is 1. The highest BCUT2D eigenvalue weighted by Gasteiger charge is 2.18. The number of thiocarbonyl (C=S) groups is 1. The minimum absolute atomic E-state index is 0.00899. The molecule has 8 nitrogen and oxygen atoms in total. The lowest BCUT2D eigenvalue weighted by Gasteiger charge is -2.11. The van der Waals surface area contributed by atoms with Crippen LogP contribution in [0.3, 0.4) is 0 Å². The Morgan fingerprint density at radius 3 is 2.38 bits per heavy atom. The maximum Gasteiger partial charge on any atom is 0.311 e. The first-order chi connectivity index (χ1) is 12.3. The summed E-state index contributed by atoms with van der Waals surface area (Å²) in [5.41, 5.74) is 0.289. The fourth-order valence-corrected chi connectivity index (χ4v) is 2.52. The third kappa shape index (κ3) is 4.58. The molecule has 2 aromatic carbocycles. The Balaban J connectivity index is 2.09. The minimum atomic E-state index is -0.633. The van der Waals surface area contributed by atoms with Gasteiger partial charge in [0.05, 0.1) is 24.2 Å². The number of nitrogens with zero attached hydrogens (tertiary/aromatic N) is 1. The van der Waals surface area contributed by atoms with E-state index < -0.39 is 10.8 Å². The standard InChI is InChI=1S/C16H14ClN3O5S/c1-24-13-6-4-10(8-11(13)17)18-16(26)19-15(21)9-3-5-14(25-2)12(7-9)20(22)23/h3-8H,1-2H3,(H2,18,19,21,26). The van der Waals surface area contributed by atoms with E-state index in [1.807, 2.05) is 0 Å². The molecule has 26 heavy (non-hydrogen) atoms. The topological polar surface area (TPSA) is 103 Å². The summed E-state index contributed by atoms with van der Waals surface area (Å²) in [6.07, 6.45) is 0. The van der Waals surface area contributed by atoms with Gasteiger partial charge >= 0.3 is 5.69 Å². The fraction of sp³-hybridized carbons (Fsp3) is 0.125. The quantitative estimate of drug-likeness (QED) is 0.454. The molecule has 0 bridgehead atoms. The maximum absolute atomic E-state index is 12.2. The fourth-order valence-electron chi connectivity index (χ4n) is 2.06. The van der Waals surface area contributed by atoms with Crippen LogP contribution in [0.1, 0.15) is 10.4 Å². The van der Waals surface area contributed by atoms with Crippen LogP contribution in [-0.2, 0) is 0 Å². The Morgan fingerprint density at radius 2 is 1.81 bits per heavy atom. The predicted molar refractivity (Wildman–Crippen MR) is 101 cm³/mol. The number of hydrogen-bond donors (Lipinski definition) is 2. The van der Waals surface area contributed by atoms with Crippen LogP contribution in [-0.4, -0.2) is 30.2 Å². The molecule has 2 rings (SSSR count). The van der Waals surface area contributed by atoms with E-state index in [2.05, 4.69) is 10.6 Å². The van der Waals surface area contributed by atoms with Crippen LogP contribution in [0.4, 0.5) is 11.4 Å². The van der Waals surface area contributed by atoms with Crippen LogP contribution in [0.25, 0.3) is 0 Å². The third-order valence-corrected chi connectivity index (χ3v) is 3.77. The zero-order chi connectivity index (χ0) is 19.3. The molecule has 0 fully saturated rings. The molecule has 2 aromatic rings. The number of methoxy groups -OCH3 is 2. The average molecular weight is 396 g/mol. The second-order valence-electron chi connectivity index (χ2n) is 4.90. The number of nitro benzene ring substituents is 1. The first kappa shape index (κ1) is 19.4. The Kier molecular flexibility index (Phi) is 6.31. The molecule has 0 saturated carbocycles. The Morgan fingerprint density at radius 1 is 1.15 bits per heavy atom. The SMILES string of the molecule is COc1ccc(NC(=S)NC(=O)c2ccc(OC)c([N+](=O)[O-])c2)cc1Cl. The highest BCUT2D eigenvalue weighted by Crippen LogP contribution is 2.28. The normalized spacial score (nSPS) is 9.96. The van der Waals surface area contributed by atoms with Gasteiger partial charge in [0, 0.05) is 17.3 Å². The van der Waals surface area contributed by atoms with Crippen molar-refractivity contribution in [3.05, 3.63) is 57.1 Å². The number of ether oxygens (including phenoxy) is 2. The summed E-state index contributed by atoms with van der Waals surface area (Å²) in [6.45, 7) is 0. The summed E-state index contributed by atoms with van der Waals surface area (Å²) in [5, 5.41) is 16.7. The first-order valence-corrected chi connectivity index (χ1v) is 7.92. The molecule has 0 aliphatic carbocycles. The van der Waals surface area contributed by atoms with E-state index in [0.717, 1.165) is 6.07 Å². The van der Waals surface area contributed by atoms with Crippen molar-refractivity contribution >= 4 is 46.2 Å². The van der Waals surface area contributed by atoms with E-state index in [0.29, 0.717) is 16.5 Å². The van der Waals surface area contributed by atoms with Gasteiger partial charge in [-0.3, -0.25) is 20.2 Å². The van der Waals surface area contributed by atoms with Gasteiger partial charge in [-0.25, -0.2) is 0 Å². The van der Waals surface area contributed by atoms with Crippen molar-refractivity contribution < 1.29 is 19.2 Å². The number of hydrogen-bond acceptors (Lipinski definition) is 6. The van der Waals surface area contributed by atoms with Gasteiger partial charge in [0.25, 0.3) is 5.91 Å². The van der Waals surface area contributed by atoms with Crippen molar-refractivity contribution in [3.8, 4) is 11.5 Å². The summed E-state index contributed by atoms with van der Waals surface area (Å²) >= 11 is 11.1. The number of benzene rings is 2. The van der Waals surface area contributed by atoms with Crippen molar-refractivity contribution in [2.24, 2.45) is 0 Å². The zero-order valence-corrected chi connectivity index (χ0v) is 15.3. The van der Waals surface area contributed by atoms with Gasteiger partial charge in [0.2, 0.25) is 0 Å². The molecular formula is C16H14ClN3O5S.